The van der Waals surface area contributed by atoms with Gasteiger partial charge in [-0.25, -0.2) is 14.8 Å². The third kappa shape index (κ3) is 4.03. The van der Waals surface area contributed by atoms with Gasteiger partial charge in [-0.05, 0) is 13.8 Å². The van der Waals surface area contributed by atoms with E-state index >= 15 is 0 Å². The second-order valence-electron chi connectivity index (χ2n) is 5.33. The Morgan fingerprint density at radius 1 is 1.24 bits per heavy atom. The molecule has 0 aliphatic heterocycles. The monoisotopic (exact) mass is 360 g/mol. The summed E-state index contributed by atoms with van der Waals surface area (Å²) in [6.07, 6.45) is 3.19. The molecule has 0 aromatic carbocycles. The summed E-state index contributed by atoms with van der Waals surface area (Å²) in [7, 11) is 0. The maximum Gasteiger partial charge on any atom is 0.351 e. The molecule has 0 spiro atoms. The van der Waals surface area contributed by atoms with Gasteiger partial charge in [0, 0.05) is 13.1 Å². The number of nitrogens with zero attached hydrogens (tertiary/aromatic N) is 3. The van der Waals surface area contributed by atoms with Gasteiger partial charge in [0.2, 0.25) is 0 Å². The molecule has 132 valence electrons. The number of amides is 1. The second-order valence-corrected chi connectivity index (χ2v) is 6.33. The molecule has 0 aliphatic carbocycles. The van der Waals surface area contributed by atoms with E-state index in [4.69, 9.17) is 10.5 Å². The van der Waals surface area contributed by atoms with E-state index in [9.17, 15) is 9.59 Å². The molecule has 8 heteroatoms. The minimum atomic E-state index is -0.650. The first-order valence-electron chi connectivity index (χ1n) is 7.59. The van der Waals surface area contributed by atoms with Gasteiger partial charge in [-0.1, -0.05) is 12.2 Å². The number of aryl methyl sites for hydroxylation is 2. The average Bonchev–Trinajstić information content (AvgIpc) is 2.88. The first-order valence-corrected chi connectivity index (χ1v) is 8.40. The number of carbonyl (C=O) groups is 2. The Balaban J connectivity index is 2.16. The molecule has 2 aromatic rings. The molecule has 7 nitrogen and oxygen atoms in total. The molecule has 0 unspecified atom stereocenters. The summed E-state index contributed by atoms with van der Waals surface area (Å²) in [5.41, 5.74) is 7.04. The van der Waals surface area contributed by atoms with Crippen LogP contribution in [0.5, 0.6) is 0 Å². The molecule has 1 amide bonds. The number of nitrogen functional groups attached to an aromatic ring is 1. The standard InChI is InChI=1S/C17H20N4O3S/c1-5-7-21(8-6-2)12(22)9-24-17(23)15-14(18)13-10(3)19-11(4)20-16(13)25-15/h5-6H,1-2,7-9,18H2,3-4H3. The van der Waals surface area contributed by atoms with Gasteiger partial charge in [0.05, 0.1) is 16.8 Å². The molecule has 2 rings (SSSR count). The van der Waals surface area contributed by atoms with Crippen LogP contribution in [0.4, 0.5) is 5.69 Å². The highest BCUT2D eigenvalue weighted by Gasteiger charge is 2.22. The highest BCUT2D eigenvalue weighted by molar-refractivity contribution is 7.21. The summed E-state index contributed by atoms with van der Waals surface area (Å²) in [4.78, 5) is 35.3. The molecule has 0 radical (unpaired) electrons. The van der Waals surface area contributed by atoms with Crippen LogP contribution < -0.4 is 5.73 Å². The number of hydrogen-bond donors (Lipinski definition) is 1. The van der Waals surface area contributed by atoms with E-state index in [-0.39, 0.29) is 23.1 Å². The zero-order valence-electron chi connectivity index (χ0n) is 14.2. The van der Waals surface area contributed by atoms with Crippen molar-refractivity contribution in [2.75, 3.05) is 25.4 Å². The Labute approximate surface area is 149 Å². The van der Waals surface area contributed by atoms with Crippen molar-refractivity contribution < 1.29 is 14.3 Å². The van der Waals surface area contributed by atoms with Crippen LogP contribution in [-0.4, -0.2) is 46.4 Å². The summed E-state index contributed by atoms with van der Waals surface area (Å²) in [6.45, 7) is 11.1. The van der Waals surface area contributed by atoms with E-state index in [0.717, 1.165) is 11.3 Å². The van der Waals surface area contributed by atoms with E-state index in [1.807, 2.05) is 0 Å². The number of thiophene rings is 1. The third-order valence-corrected chi connectivity index (χ3v) is 4.52. The molecule has 0 saturated heterocycles. The second kappa shape index (κ2) is 7.89. The zero-order valence-corrected chi connectivity index (χ0v) is 15.1. The fraction of sp³-hybridized carbons (Fsp3) is 0.294. The van der Waals surface area contributed by atoms with Crippen LogP contribution in [-0.2, 0) is 9.53 Å². The number of anilines is 1. The van der Waals surface area contributed by atoms with Gasteiger partial charge in [-0.3, -0.25) is 4.79 Å². The zero-order chi connectivity index (χ0) is 18.6. The van der Waals surface area contributed by atoms with Crippen LogP contribution in [0.1, 0.15) is 21.2 Å². The van der Waals surface area contributed by atoms with Crippen molar-refractivity contribution in [1.29, 1.82) is 0 Å². The van der Waals surface area contributed by atoms with Crippen molar-refractivity contribution in [2.24, 2.45) is 0 Å². The molecule has 2 aromatic heterocycles. The lowest BCUT2D eigenvalue weighted by Gasteiger charge is -2.18. The van der Waals surface area contributed by atoms with Crippen molar-refractivity contribution in [3.05, 3.63) is 41.7 Å². The lowest BCUT2D eigenvalue weighted by atomic mass is 10.2. The molecule has 0 saturated carbocycles. The summed E-state index contributed by atoms with van der Waals surface area (Å²) in [5.74, 6) is -0.381. The quantitative estimate of drug-likeness (QED) is 0.601. The van der Waals surface area contributed by atoms with E-state index < -0.39 is 5.97 Å². The average molecular weight is 360 g/mol. The Hall–Kier alpha value is -2.74. The summed E-state index contributed by atoms with van der Waals surface area (Å²) < 4.78 is 5.13. The van der Waals surface area contributed by atoms with Crippen molar-refractivity contribution >= 4 is 39.1 Å². The summed E-state index contributed by atoms with van der Waals surface area (Å²) in [6, 6.07) is 0. The van der Waals surface area contributed by atoms with Gasteiger partial charge in [0.1, 0.15) is 15.5 Å². The van der Waals surface area contributed by atoms with Gasteiger partial charge >= 0.3 is 5.97 Å². The van der Waals surface area contributed by atoms with E-state index in [0.29, 0.717) is 34.8 Å². The first kappa shape index (κ1) is 18.6. The van der Waals surface area contributed by atoms with Crippen LogP contribution in [0.3, 0.4) is 0 Å². The van der Waals surface area contributed by atoms with E-state index in [1.54, 1.807) is 26.0 Å². The minimum Gasteiger partial charge on any atom is -0.451 e. The van der Waals surface area contributed by atoms with Crippen LogP contribution in [0.25, 0.3) is 10.2 Å². The Morgan fingerprint density at radius 3 is 2.48 bits per heavy atom. The van der Waals surface area contributed by atoms with E-state index in [2.05, 4.69) is 23.1 Å². The summed E-state index contributed by atoms with van der Waals surface area (Å²) >= 11 is 1.13. The molecule has 2 heterocycles. The van der Waals surface area contributed by atoms with Crippen LogP contribution in [0, 0.1) is 13.8 Å². The van der Waals surface area contributed by atoms with Crippen LogP contribution >= 0.6 is 11.3 Å². The van der Waals surface area contributed by atoms with Crippen LogP contribution in [0.15, 0.2) is 25.3 Å². The minimum absolute atomic E-state index is 0.227. The van der Waals surface area contributed by atoms with Crippen LogP contribution in [0.2, 0.25) is 0 Å². The van der Waals surface area contributed by atoms with Gasteiger partial charge < -0.3 is 15.4 Å². The molecular formula is C17H20N4O3S. The number of rotatable bonds is 7. The van der Waals surface area contributed by atoms with Gasteiger partial charge in [-0.2, -0.15) is 0 Å². The first-order chi connectivity index (χ1) is 11.9. The topological polar surface area (TPSA) is 98.4 Å². The number of hydrogen-bond acceptors (Lipinski definition) is 7. The van der Waals surface area contributed by atoms with Gasteiger partial charge in [0.25, 0.3) is 5.91 Å². The molecule has 0 fully saturated rings. The third-order valence-electron chi connectivity index (χ3n) is 3.45. The van der Waals surface area contributed by atoms with Gasteiger partial charge in [0.15, 0.2) is 6.61 Å². The maximum absolute atomic E-state index is 12.3. The molecule has 2 N–H and O–H groups in total. The number of fused-ring (bicyclic) bond motifs is 1. The van der Waals surface area contributed by atoms with Crippen molar-refractivity contribution in [3.8, 4) is 0 Å². The number of esters is 1. The fourth-order valence-electron chi connectivity index (χ4n) is 2.36. The predicted molar refractivity (Wildman–Crippen MR) is 98.6 cm³/mol. The smallest absolute Gasteiger partial charge is 0.351 e. The molecule has 0 aliphatic rings. The Bertz CT molecular complexity index is 834. The fourth-order valence-corrected chi connectivity index (χ4v) is 3.44. The highest BCUT2D eigenvalue weighted by Crippen LogP contribution is 2.34. The number of nitrogens with two attached hydrogens (primary N) is 1. The number of carbonyl (C=O) groups excluding carboxylic acids is 2. The Kier molecular flexibility index (Phi) is 5.87. The van der Waals surface area contributed by atoms with E-state index in [1.165, 1.54) is 4.90 Å². The maximum atomic E-state index is 12.3. The van der Waals surface area contributed by atoms with Gasteiger partial charge in [-0.15, -0.1) is 24.5 Å². The number of aromatic nitrogens is 2. The molecule has 25 heavy (non-hydrogen) atoms. The predicted octanol–water partition coefficient (Wildman–Crippen LogP) is 2.25. The molecule has 0 atom stereocenters. The molecule has 0 bridgehead atoms. The number of ether oxygens (including phenoxy) is 1. The SMILES string of the molecule is C=CCN(CC=C)C(=O)COC(=O)c1sc2nc(C)nc(C)c2c1N. The molecular weight excluding hydrogens is 340 g/mol. The Morgan fingerprint density at radius 2 is 1.88 bits per heavy atom. The van der Waals surface area contributed by atoms with Crippen molar-refractivity contribution in [3.63, 3.8) is 0 Å². The lowest BCUT2D eigenvalue weighted by Crippen LogP contribution is -2.34. The van der Waals surface area contributed by atoms with Crippen molar-refractivity contribution in [1.82, 2.24) is 14.9 Å². The lowest BCUT2D eigenvalue weighted by molar-refractivity contribution is -0.133. The summed E-state index contributed by atoms with van der Waals surface area (Å²) in [5, 5.41) is 0.647. The highest BCUT2D eigenvalue weighted by atomic mass is 32.1. The largest absolute Gasteiger partial charge is 0.451 e. The van der Waals surface area contributed by atoms with Crippen molar-refractivity contribution in [2.45, 2.75) is 13.8 Å². The normalized spacial score (nSPS) is 10.5.